The smallest absolute Gasteiger partial charge is 0.140 e. The highest BCUT2D eigenvalue weighted by Gasteiger charge is 2.31. The maximum Gasteiger partial charge on any atom is 0.140 e. The molecule has 70 valence electrons. The molecular formula is C9H8BrClO2. The second kappa shape index (κ2) is 3.15. The Kier molecular flexibility index (Phi) is 2.26. The summed E-state index contributed by atoms with van der Waals surface area (Å²) in [6.07, 6.45) is -0.783. The number of hydrogen-bond donors (Lipinski definition) is 1. The van der Waals surface area contributed by atoms with E-state index >= 15 is 0 Å². The lowest BCUT2D eigenvalue weighted by atomic mass is 10.1. The van der Waals surface area contributed by atoms with Crippen molar-refractivity contribution >= 4 is 27.5 Å². The first kappa shape index (κ1) is 9.31. The van der Waals surface area contributed by atoms with Gasteiger partial charge in [0.25, 0.3) is 0 Å². The summed E-state index contributed by atoms with van der Waals surface area (Å²) in [4.78, 5) is 0. The summed E-state index contributed by atoms with van der Waals surface area (Å²) in [6.45, 7) is 1.82. The Morgan fingerprint density at radius 2 is 2.23 bits per heavy atom. The minimum atomic E-state index is -0.579. The molecule has 1 heterocycles. The molecule has 0 radical (unpaired) electrons. The van der Waals surface area contributed by atoms with Crippen molar-refractivity contribution in [1.82, 2.24) is 0 Å². The number of ether oxygens (including phenoxy) is 1. The number of aliphatic hydroxyl groups is 1. The topological polar surface area (TPSA) is 29.5 Å². The summed E-state index contributed by atoms with van der Waals surface area (Å²) in [5, 5.41) is 10.3. The van der Waals surface area contributed by atoms with Crippen LogP contribution in [0.4, 0.5) is 0 Å². The standard InChI is InChI=1S/C9H8BrClO2/c1-4-8(12)6-2-5(11)3-7(10)9(6)13-4/h2-4,8,12H,1H3. The quantitative estimate of drug-likeness (QED) is 0.780. The summed E-state index contributed by atoms with van der Waals surface area (Å²) in [7, 11) is 0. The number of hydrogen-bond acceptors (Lipinski definition) is 2. The van der Waals surface area contributed by atoms with Gasteiger partial charge in [0.05, 0.1) is 4.47 Å². The number of benzene rings is 1. The Morgan fingerprint density at radius 1 is 1.54 bits per heavy atom. The minimum Gasteiger partial charge on any atom is -0.486 e. The SMILES string of the molecule is CC1Oc2c(Br)cc(Cl)cc2C1O. The second-order valence-corrected chi connectivity index (χ2v) is 4.36. The molecule has 0 saturated carbocycles. The van der Waals surface area contributed by atoms with Crippen LogP contribution in [-0.2, 0) is 0 Å². The molecule has 1 N–H and O–H groups in total. The van der Waals surface area contributed by atoms with E-state index in [0.29, 0.717) is 10.8 Å². The van der Waals surface area contributed by atoms with Crippen molar-refractivity contribution < 1.29 is 9.84 Å². The van der Waals surface area contributed by atoms with Gasteiger partial charge in [-0.15, -0.1) is 0 Å². The van der Waals surface area contributed by atoms with Crippen LogP contribution in [-0.4, -0.2) is 11.2 Å². The highest BCUT2D eigenvalue weighted by Crippen LogP contribution is 2.43. The molecule has 2 nitrogen and oxygen atoms in total. The van der Waals surface area contributed by atoms with Crippen LogP contribution >= 0.6 is 27.5 Å². The van der Waals surface area contributed by atoms with Gasteiger partial charge in [0.1, 0.15) is 18.0 Å². The predicted molar refractivity (Wildman–Crippen MR) is 54.2 cm³/mol. The molecule has 13 heavy (non-hydrogen) atoms. The molecule has 1 aliphatic rings. The molecule has 1 aliphatic heterocycles. The zero-order chi connectivity index (χ0) is 9.59. The van der Waals surface area contributed by atoms with Crippen LogP contribution in [0, 0.1) is 0 Å². The molecule has 0 spiro atoms. The number of aliphatic hydroxyl groups excluding tert-OH is 1. The normalized spacial score (nSPS) is 25.5. The van der Waals surface area contributed by atoms with Crippen LogP contribution in [0.3, 0.4) is 0 Å². The third kappa shape index (κ3) is 1.45. The first-order valence-corrected chi connectivity index (χ1v) is 5.10. The molecule has 0 bridgehead atoms. The fourth-order valence-electron chi connectivity index (χ4n) is 1.43. The van der Waals surface area contributed by atoms with Crippen molar-refractivity contribution in [1.29, 1.82) is 0 Å². The summed E-state index contributed by atoms with van der Waals surface area (Å²) < 4.78 is 6.24. The van der Waals surface area contributed by atoms with Crippen LogP contribution in [0.25, 0.3) is 0 Å². The van der Waals surface area contributed by atoms with Gasteiger partial charge in [0.2, 0.25) is 0 Å². The summed E-state index contributed by atoms with van der Waals surface area (Å²) >= 11 is 9.18. The molecule has 2 atom stereocenters. The predicted octanol–water partition coefficient (Wildman–Crippen LogP) is 2.92. The summed E-state index contributed by atoms with van der Waals surface area (Å²) in [5.74, 6) is 0.699. The highest BCUT2D eigenvalue weighted by atomic mass is 79.9. The van der Waals surface area contributed by atoms with E-state index in [1.165, 1.54) is 0 Å². The maximum absolute atomic E-state index is 9.69. The van der Waals surface area contributed by atoms with E-state index in [1.54, 1.807) is 12.1 Å². The highest BCUT2D eigenvalue weighted by molar-refractivity contribution is 9.10. The third-order valence-corrected chi connectivity index (χ3v) is 2.91. The van der Waals surface area contributed by atoms with Crippen LogP contribution in [0.5, 0.6) is 5.75 Å². The zero-order valence-electron chi connectivity index (χ0n) is 6.92. The fourth-order valence-corrected chi connectivity index (χ4v) is 2.35. The van der Waals surface area contributed by atoms with Crippen molar-refractivity contribution in [2.75, 3.05) is 0 Å². The number of fused-ring (bicyclic) bond motifs is 1. The van der Waals surface area contributed by atoms with Crippen molar-refractivity contribution in [3.63, 3.8) is 0 Å². The summed E-state index contributed by atoms with van der Waals surface area (Å²) in [6, 6.07) is 3.49. The lowest BCUT2D eigenvalue weighted by Crippen LogP contribution is -2.12. The fraction of sp³-hybridized carbons (Fsp3) is 0.333. The summed E-state index contributed by atoms with van der Waals surface area (Å²) in [5.41, 5.74) is 0.756. The average Bonchev–Trinajstić information content (AvgIpc) is 2.32. The van der Waals surface area contributed by atoms with Crippen molar-refractivity contribution in [2.24, 2.45) is 0 Å². The van der Waals surface area contributed by atoms with Crippen molar-refractivity contribution in [3.8, 4) is 5.75 Å². The van der Waals surface area contributed by atoms with Gasteiger partial charge in [-0.25, -0.2) is 0 Å². The largest absolute Gasteiger partial charge is 0.486 e. The number of halogens is 2. The first-order valence-electron chi connectivity index (χ1n) is 3.93. The molecule has 4 heteroatoms. The molecule has 1 aromatic carbocycles. The molecule has 2 rings (SSSR count). The number of rotatable bonds is 0. The van der Waals surface area contributed by atoms with Crippen LogP contribution < -0.4 is 4.74 Å². The molecule has 0 amide bonds. The first-order chi connectivity index (χ1) is 6.09. The monoisotopic (exact) mass is 262 g/mol. The molecule has 0 aromatic heterocycles. The maximum atomic E-state index is 9.69. The second-order valence-electron chi connectivity index (χ2n) is 3.07. The Bertz CT molecular complexity index is 354. The van der Waals surface area contributed by atoms with Gasteiger partial charge in [-0.3, -0.25) is 0 Å². The molecule has 0 aliphatic carbocycles. The molecule has 1 aromatic rings. The Balaban J connectivity index is 2.57. The molecular weight excluding hydrogens is 255 g/mol. The zero-order valence-corrected chi connectivity index (χ0v) is 9.26. The van der Waals surface area contributed by atoms with E-state index in [-0.39, 0.29) is 6.10 Å². The van der Waals surface area contributed by atoms with E-state index in [1.807, 2.05) is 6.92 Å². The van der Waals surface area contributed by atoms with Crippen LogP contribution in [0.15, 0.2) is 16.6 Å². The van der Waals surface area contributed by atoms with Crippen molar-refractivity contribution in [3.05, 3.63) is 27.2 Å². The van der Waals surface area contributed by atoms with Gasteiger partial charge in [0.15, 0.2) is 0 Å². The Labute approximate surface area is 89.6 Å². The van der Waals surface area contributed by atoms with E-state index in [9.17, 15) is 5.11 Å². The third-order valence-electron chi connectivity index (χ3n) is 2.10. The molecule has 0 saturated heterocycles. The lowest BCUT2D eigenvalue weighted by Gasteiger charge is -2.06. The van der Waals surface area contributed by atoms with Gasteiger partial charge in [0, 0.05) is 10.6 Å². The van der Waals surface area contributed by atoms with E-state index in [4.69, 9.17) is 16.3 Å². The average molecular weight is 264 g/mol. The Hall–Kier alpha value is -0.250. The van der Waals surface area contributed by atoms with E-state index < -0.39 is 6.10 Å². The van der Waals surface area contributed by atoms with E-state index in [0.717, 1.165) is 10.0 Å². The van der Waals surface area contributed by atoms with Gasteiger partial charge in [-0.05, 0) is 35.0 Å². The van der Waals surface area contributed by atoms with Gasteiger partial charge >= 0.3 is 0 Å². The van der Waals surface area contributed by atoms with Crippen molar-refractivity contribution in [2.45, 2.75) is 19.1 Å². The Morgan fingerprint density at radius 3 is 2.92 bits per heavy atom. The molecule has 0 fully saturated rings. The minimum absolute atomic E-state index is 0.204. The van der Waals surface area contributed by atoms with Gasteiger partial charge in [-0.1, -0.05) is 11.6 Å². The van der Waals surface area contributed by atoms with Gasteiger partial charge in [-0.2, -0.15) is 0 Å². The van der Waals surface area contributed by atoms with Gasteiger partial charge < -0.3 is 9.84 Å². The van der Waals surface area contributed by atoms with Crippen LogP contribution in [0.1, 0.15) is 18.6 Å². The van der Waals surface area contributed by atoms with Crippen LogP contribution in [0.2, 0.25) is 5.02 Å². The molecule has 2 unspecified atom stereocenters. The van der Waals surface area contributed by atoms with E-state index in [2.05, 4.69) is 15.9 Å². The lowest BCUT2D eigenvalue weighted by molar-refractivity contribution is 0.0793.